The largest absolute Gasteiger partial charge is 0.399 e. The van der Waals surface area contributed by atoms with Gasteiger partial charge in [0, 0.05) is 22.4 Å². The number of hydrogen-bond acceptors (Lipinski definition) is 2. The lowest BCUT2D eigenvalue weighted by Gasteiger charge is -2.28. The van der Waals surface area contributed by atoms with Gasteiger partial charge in [0.15, 0.2) is 0 Å². The van der Waals surface area contributed by atoms with E-state index in [1.807, 2.05) is 30.3 Å². The summed E-state index contributed by atoms with van der Waals surface area (Å²) in [6.45, 7) is 2.15. The predicted octanol–water partition coefficient (Wildman–Crippen LogP) is 9.63. The van der Waals surface area contributed by atoms with Crippen LogP contribution in [0.4, 0.5) is 22.7 Å². The highest BCUT2D eigenvalue weighted by atomic mass is 15.1. The summed E-state index contributed by atoms with van der Waals surface area (Å²) in [6.07, 6.45) is 0. The molecule has 0 heterocycles. The van der Waals surface area contributed by atoms with Gasteiger partial charge >= 0.3 is 0 Å². The zero-order chi connectivity index (χ0) is 25.2. The zero-order valence-electron chi connectivity index (χ0n) is 20.8. The highest BCUT2D eigenvalue weighted by Crippen LogP contribution is 2.43. The van der Waals surface area contributed by atoms with Crippen LogP contribution < -0.4 is 10.6 Å². The normalized spacial score (nSPS) is 10.9. The first-order valence-corrected chi connectivity index (χ1v) is 12.6. The highest BCUT2D eigenvalue weighted by Gasteiger charge is 2.17. The number of benzene rings is 7. The summed E-state index contributed by atoms with van der Waals surface area (Å²) in [6, 6.07) is 49.0. The minimum Gasteiger partial charge on any atom is -0.399 e. The van der Waals surface area contributed by atoms with Crippen LogP contribution in [0.1, 0.15) is 5.56 Å². The first-order valence-electron chi connectivity index (χ1n) is 12.6. The first kappa shape index (κ1) is 22.6. The van der Waals surface area contributed by atoms with Crippen LogP contribution in [-0.4, -0.2) is 0 Å². The Kier molecular flexibility index (Phi) is 5.92. The number of hydrogen-bond donors (Lipinski definition) is 1. The molecule has 0 aliphatic carbocycles. The molecule has 0 aliphatic rings. The summed E-state index contributed by atoms with van der Waals surface area (Å²) >= 11 is 0. The highest BCUT2D eigenvalue weighted by molar-refractivity contribution is 6.25. The maximum absolute atomic E-state index is 5.36. The minimum absolute atomic E-state index is 0.822. The Labute approximate surface area is 217 Å². The average molecular weight is 477 g/mol. The van der Waals surface area contributed by atoms with E-state index in [0.717, 1.165) is 11.4 Å². The fraction of sp³-hybridized carbons (Fsp3) is 0.0286. The van der Waals surface area contributed by atoms with E-state index in [1.165, 1.54) is 49.3 Å². The monoisotopic (exact) mass is 476 g/mol. The van der Waals surface area contributed by atoms with Gasteiger partial charge in [0.1, 0.15) is 0 Å². The molecule has 0 unspecified atom stereocenters. The summed E-state index contributed by atoms with van der Waals surface area (Å²) in [5, 5.41) is 7.86. The van der Waals surface area contributed by atoms with Crippen molar-refractivity contribution in [3.63, 3.8) is 0 Å². The van der Waals surface area contributed by atoms with Crippen LogP contribution in [0.3, 0.4) is 0 Å². The Balaban J connectivity index is 0.000000314. The number of para-hydroxylation sites is 2. The zero-order valence-corrected chi connectivity index (χ0v) is 20.8. The van der Waals surface area contributed by atoms with Gasteiger partial charge in [0.05, 0.1) is 5.69 Å². The fourth-order valence-electron chi connectivity index (χ4n) is 5.14. The lowest BCUT2D eigenvalue weighted by Crippen LogP contribution is -2.10. The Bertz CT molecular complexity index is 1770. The van der Waals surface area contributed by atoms with Gasteiger partial charge in [-0.25, -0.2) is 0 Å². The van der Waals surface area contributed by atoms with Crippen LogP contribution in [0.15, 0.2) is 140 Å². The molecule has 178 valence electrons. The molecule has 0 atom stereocenters. The van der Waals surface area contributed by atoms with Gasteiger partial charge in [-0.2, -0.15) is 0 Å². The van der Waals surface area contributed by atoms with Crippen molar-refractivity contribution in [3.05, 3.63) is 145 Å². The third-order valence-electron chi connectivity index (χ3n) is 6.82. The lowest BCUT2D eigenvalue weighted by atomic mass is 9.93. The van der Waals surface area contributed by atoms with E-state index in [9.17, 15) is 0 Å². The van der Waals surface area contributed by atoms with Crippen molar-refractivity contribution in [2.24, 2.45) is 0 Å². The maximum atomic E-state index is 5.36. The summed E-state index contributed by atoms with van der Waals surface area (Å²) in [5.74, 6) is 0. The van der Waals surface area contributed by atoms with E-state index in [-0.39, 0.29) is 0 Å². The van der Waals surface area contributed by atoms with Crippen LogP contribution in [0.5, 0.6) is 0 Å². The topological polar surface area (TPSA) is 29.3 Å². The Morgan fingerprint density at radius 2 is 1.05 bits per heavy atom. The lowest BCUT2D eigenvalue weighted by molar-refractivity contribution is 1.28. The smallest absolute Gasteiger partial charge is 0.0540 e. The minimum atomic E-state index is 0.822. The van der Waals surface area contributed by atoms with Crippen molar-refractivity contribution in [1.29, 1.82) is 0 Å². The molecule has 0 fully saturated rings. The molecule has 0 saturated carbocycles. The molecule has 0 saturated heterocycles. The number of nitrogens with two attached hydrogens (primary N) is 1. The third kappa shape index (κ3) is 4.34. The van der Waals surface area contributed by atoms with Gasteiger partial charge < -0.3 is 10.6 Å². The van der Waals surface area contributed by atoms with Crippen LogP contribution >= 0.6 is 0 Å². The quantitative estimate of drug-likeness (QED) is 0.203. The summed E-state index contributed by atoms with van der Waals surface area (Å²) < 4.78 is 0. The van der Waals surface area contributed by atoms with Crippen LogP contribution in [0.2, 0.25) is 0 Å². The molecule has 7 aromatic rings. The van der Waals surface area contributed by atoms with Crippen molar-refractivity contribution in [2.75, 3.05) is 10.6 Å². The van der Waals surface area contributed by atoms with Gasteiger partial charge in [0.2, 0.25) is 0 Å². The van der Waals surface area contributed by atoms with Gasteiger partial charge in [-0.3, -0.25) is 0 Å². The van der Waals surface area contributed by atoms with E-state index in [4.69, 9.17) is 5.73 Å². The third-order valence-corrected chi connectivity index (χ3v) is 6.82. The molecule has 7 aromatic carbocycles. The molecule has 0 radical (unpaired) electrons. The van der Waals surface area contributed by atoms with E-state index in [2.05, 4.69) is 121 Å². The summed E-state index contributed by atoms with van der Waals surface area (Å²) in [7, 11) is 0. The molecule has 2 nitrogen and oxygen atoms in total. The van der Waals surface area contributed by atoms with Gasteiger partial charge in [0.25, 0.3) is 0 Å². The second kappa shape index (κ2) is 9.67. The van der Waals surface area contributed by atoms with Crippen molar-refractivity contribution < 1.29 is 0 Å². The van der Waals surface area contributed by atoms with Crippen molar-refractivity contribution in [3.8, 4) is 0 Å². The Hall–Kier alpha value is -4.82. The number of nitrogen functional groups attached to an aromatic ring is 1. The van der Waals surface area contributed by atoms with Crippen molar-refractivity contribution >= 4 is 55.1 Å². The van der Waals surface area contributed by atoms with E-state index in [1.54, 1.807) is 0 Å². The van der Waals surface area contributed by atoms with Crippen LogP contribution in [0, 0.1) is 6.92 Å². The van der Waals surface area contributed by atoms with Crippen LogP contribution in [-0.2, 0) is 0 Å². The molecule has 0 bridgehead atoms. The molecule has 0 aromatic heterocycles. The van der Waals surface area contributed by atoms with E-state index in [0.29, 0.717) is 0 Å². The summed E-state index contributed by atoms with van der Waals surface area (Å²) in [4.78, 5) is 2.37. The first-order chi connectivity index (χ1) is 18.2. The number of nitrogens with zero attached hydrogens (tertiary/aromatic N) is 1. The average Bonchev–Trinajstić information content (AvgIpc) is 2.94. The second-order valence-electron chi connectivity index (χ2n) is 9.36. The molecule has 2 heteroatoms. The molecular formula is C35H28N2. The SMILES string of the molecule is Cc1cccc(N(c2ccccc2)c2ccc3ccc4cccc5ccc2c3c45)c1.Nc1ccccc1. The number of aryl methyl sites for hydroxylation is 1. The molecule has 0 spiro atoms. The van der Waals surface area contributed by atoms with E-state index >= 15 is 0 Å². The number of rotatable bonds is 3. The van der Waals surface area contributed by atoms with Crippen LogP contribution in [0.25, 0.3) is 32.3 Å². The number of anilines is 4. The molecular weight excluding hydrogens is 448 g/mol. The van der Waals surface area contributed by atoms with Gasteiger partial charge in [-0.1, -0.05) is 97.1 Å². The van der Waals surface area contributed by atoms with Crippen molar-refractivity contribution in [2.45, 2.75) is 6.92 Å². The van der Waals surface area contributed by atoms with Crippen molar-refractivity contribution in [1.82, 2.24) is 0 Å². The van der Waals surface area contributed by atoms with Gasteiger partial charge in [-0.05, 0) is 81.9 Å². The Morgan fingerprint density at radius 1 is 0.486 bits per heavy atom. The molecule has 2 N–H and O–H groups in total. The predicted molar refractivity (Wildman–Crippen MR) is 160 cm³/mol. The van der Waals surface area contributed by atoms with Gasteiger partial charge in [-0.15, -0.1) is 0 Å². The maximum Gasteiger partial charge on any atom is 0.0540 e. The molecule has 0 aliphatic heterocycles. The fourth-order valence-corrected chi connectivity index (χ4v) is 5.14. The second-order valence-corrected chi connectivity index (χ2v) is 9.36. The molecule has 0 amide bonds. The standard InChI is InChI=1S/C29H21N.C6H7N/c1-20-7-5-12-25(19-20)30(24-10-3-2-4-11-24)27-18-16-23-14-13-21-8-6-9-22-15-17-26(27)29(23)28(21)22;7-6-4-2-1-3-5-6/h2-19H,1H3;1-5H,7H2. The Morgan fingerprint density at radius 3 is 1.70 bits per heavy atom. The molecule has 37 heavy (non-hydrogen) atoms. The molecule has 7 rings (SSSR count). The van der Waals surface area contributed by atoms with E-state index < -0.39 is 0 Å². The summed E-state index contributed by atoms with van der Waals surface area (Å²) in [5.41, 5.74) is 11.0.